The molecule has 6 nitrogen and oxygen atoms in total. The molecule has 0 radical (unpaired) electrons. The van der Waals surface area contributed by atoms with Crippen molar-refractivity contribution in [3.05, 3.63) is 60.8 Å². The van der Waals surface area contributed by atoms with E-state index in [-0.39, 0.29) is 31.1 Å². The first kappa shape index (κ1) is 76.1. The number of carbonyl (C=O) groups is 3. The summed E-state index contributed by atoms with van der Waals surface area (Å²) in [5.41, 5.74) is 0. The lowest BCUT2D eigenvalue weighted by Gasteiger charge is -2.18. The zero-order valence-corrected chi connectivity index (χ0v) is 52.9. The van der Waals surface area contributed by atoms with Crippen LogP contribution in [0.5, 0.6) is 0 Å². The summed E-state index contributed by atoms with van der Waals surface area (Å²) >= 11 is 0. The van der Waals surface area contributed by atoms with Crippen LogP contribution >= 0.6 is 0 Å². The number of carbonyl (C=O) groups excluding carboxylic acids is 3. The van der Waals surface area contributed by atoms with Crippen molar-refractivity contribution in [1.29, 1.82) is 0 Å². The predicted octanol–water partition coefficient (Wildman–Crippen LogP) is 23.9. The number of esters is 3. The summed E-state index contributed by atoms with van der Waals surface area (Å²) in [4.78, 5) is 38.4. The third-order valence-corrected chi connectivity index (χ3v) is 15.5. The van der Waals surface area contributed by atoms with E-state index in [0.29, 0.717) is 19.3 Å². The van der Waals surface area contributed by atoms with Crippen LogP contribution in [0.2, 0.25) is 0 Å². The average molecular weight is 1110 g/mol. The second kappa shape index (κ2) is 67.6. The maximum absolute atomic E-state index is 12.9. The van der Waals surface area contributed by atoms with E-state index in [4.69, 9.17) is 14.2 Å². The van der Waals surface area contributed by atoms with Gasteiger partial charge in [0.25, 0.3) is 0 Å². The Labute approximate surface area is 491 Å². The maximum Gasteiger partial charge on any atom is 0.306 e. The molecule has 0 N–H and O–H groups in total. The van der Waals surface area contributed by atoms with Gasteiger partial charge in [-0.3, -0.25) is 14.4 Å². The van der Waals surface area contributed by atoms with Crippen molar-refractivity contribution in [1.82, 2.24) is 0 Å². The van der Waals surface area contributed by atoms with Crippen molar-refractivity contribution >= 4 is 17.9 Å². The highest BCUT2D eigenvalue weighted by atomic mass is 16.6. The molecule has 0 aromatic carbocycles. The molecule has 0 rings (SSSR count). The highest BCUT2D eigenvalue weighted by Gasteiger charge is 2.19. The fraction of sp³-hybridized carbons (Fsp3) is 0.822. The van der Waals surface area contributed by atoms with Gasteiger partial charge in [-0.15, -0.1) is 0 Å². The number of allylic oxidation sites excluding steroid dienone is 10. The Balaban J connectivity index is 4.28. The maximum atomic E-state index is 12.9. The molecule has 460 valence electrons. The van der Waals surface area contributed by atoms with Crippen molar-refractivity contribution < 1.29 is 28.6 Å². The Morgan fingerprint density at radius 2 is 0.494 bits per heavy atom. The van der Waals surface area contributed by atoms with Crippen LogP contribution in [0.4, 0.5) is 0 Å². The van der Waals surface area contributed by atoms with E-state index in [1.165, 1.54) is 238 Å². The molecule has 0 saturated heterocycles. The average Bonchev–Trinajstić information content (AvgIpc) is 3.45. The minimum absolute atomic E-state index is 0.0744. The lowest BCUT2D eigenvalue weighted by molar-refractivity contribution is -0.167. The summed E-state index contributed by atoms with van der Waals surface area (Å²) in [6.07, 6.45) is 86.7. The number of rotatable bonds is 64. The molecular weight excluding hydrogens is 973 g/mol. The predicted molar refractivity (Wildman–Crippen MR) is 344 cm³/mol. The molecule has 0 aromatic rings. The van der Waals surface area contributed by atoms with E-state index in [0.717, 1.165) is 89.9 Å². The summed E-state index contributed by atoms with van der Waals surface area (Å²) in [6.45, 7) is 6.57. The van der Waals surface area contributed by atoms with E-state index in [2.05, 4.69) is 81.5 Å². The highest BCUT2D eigenvalue weighted by Crippen LogP contribution is 2.18. The molecule has 0 fully saturated rings. The van der Waals surface area contributed by atoms with Crippen molar-refractivity contribution in [2.24, 2.45) is 0 Å². The largest absolute Gasteiger partial charge is 0.462 e. The van der Waals surface area contributed by atoms with Gasteiger partial charge in [-0.25, -0.2) is 0 Å². The van der Waals surface area contributed by atoms with Crippen LogP contribution in [-0.4, -0.2) is 37.2 Å². The fourth-order valence-corrected chi connectivity index (χ4v) is 10.3. The molecule has 6 heteroatoms. The second-order valence-electron chi connectivity index (χ2n) is 23.4. The summed E-state index contributed by atoms with van der Waals surface area (Å²) in [7, 11) is 0. The topological polar surface area (TPSA) is 78.9 Å². The molecule has 0 aliphatic heterocycles. The van der Waals surface area contributed by atoms with Crippen LogP contribution in [0, 0.1) is 0 Å². The van der Waals surface area contributed by atoms with Gasteiger partial charge in [0.05, 0.1) is 0 Å². The number of unbranched alkanes of at least 4 members (excludes halogenated alkanes) is 43. The van der Waals surface area contributed by atoms with E-state index in [1.54, 1.807) is 0 Å². The first-order valence-electron chi connectivity index (χ1n) is 34.8. The summed E-state index contributed by atoms with van der Waals surface area (Å²) in [5.74, 6) is -0.864. The number of hydrogen-bond acceptors (Lipinski definition) is 6. The molecule has 0 aromatic heterocycles. The Bertz CT molecular complexity index is 1410. The normalized spacial score (nSPS) is 12.4. The Kier molecular flexibility index (Phi) is 65.1. The quantitative estimate of drug-likeness (QED) is 0.0261. The third-order valence-electron chi connectivity index (χ3n) is 15.5. The monoisotopic (exact) mass is 1110 g/mol. The summed E-state index contributed by atoms with van der Waals surface area (Å²) < 4.78 is 17.0. The molecule has 0 saturated carbocycles. The zero-order valence-electron chi connectivity index (χ0n) is 52.9. The molecule has 0 amide bonds. The Morgan fingerprint density at radius 1 is 0.266 bits per heavy atom. The van der Waals surface area contributed by atoms with Gasteiger partial charge in [0.15, 0.2) is 6.10 Å². The Hall–Kier alpha value is -2.89. The van der Waals surface area contributed by atoms with E-state index < -0.39 is 6.10 Å². The van der Waals surface area contributed by atoms with Gasteiger partial charge in [0, 0.05) is 19.3 Å². The smallest absolute Gasteiger partial charge is 0.306 e. The van der Waals surface area contributed by atoms with Crippen molar-refractivity contribution in [2.45, 2.75) is 374 Å². The summed E-state index contributed by atoms with van der Waals surface area (Å²) in [6, 6.07) is 0. The zero-order chi connectivity index (χ0) is 57.1. The van der Waals surface area contributed by atoms with Gasteiger partial charge in [-0.2, -0.15) is 0 Å². The lowest BCUT2D eigenvalue weighted by atomic mass is 10.0. The summed E-state index contributed by atoms with van der Waals surface area (Å²) in [5, 5.41) is 0. The molecule has 79 heavy (non-hydrogen) atoms. The Morgan fingerprint density at radius 3 is 0.785 bits per heavy atom. The van der Waals surface area contributed by atoms with Crippen molar-refractivity contribution in [2.75, 3.05) is 13.2 Å². The first-order chi connectivity index (χ1) is 39.0. The molecule has 1 atom stereocenters. The van der Waals surface area contributed by atoms with Crippen LogP contribution in [0.3, 0.4) is 0 Å². The standard InChI is InChI=1S/C73H132O6/c1-4-7-10-13-16-19-22-25-28-30-32-34-36-38-39-41-43-45-48-51-54-57-60-63-66-72(75)78-69-70(68-77-71(74)65-62-59-56-53-50-47-27-24-21-18-15-12-9-6-3)79-73(76)67-64-61-58-55-52-49-46-44-42-40-37-35-33-31-29-26-23-20-17-14-11-8-5-2/h8,11,17,20,24,26-27,29,33,35,70H,4-7,9-10,12-16,18-19,21-23,25,28,30-32,34,36-69H2,1-3H3/b11-8-,20-17-,27-24-,29-26-,35-33-. The van der Waals surface area contributed by atoms with Crippen LogP contribution in [-0.2, 0) is 28.6 Å². The molecule has 0 heterocycles. The van der Waals surface area contributed by atoms with Crippen LogP contribution < -0.4 is 0 Å². The van der Waals surface area contributed by atoms with Gasteiger partial charge in [0.1, 0.15) is 13.2 Å². The molecule has 0 bridgehead atoms. The minimum atomic E-state index is -0.780. The SMILES string of the molecule is CC/C=C\C/C=C\C/C=C\C/C=C\CCCCCCCCCCCCC(=O)OC(COC(=O)CCCCCCC/C=C\CCCCCCC)COC(=O)CCCCCCCCCCCCCCCCCCCCCCCCCC. The molecule has 1 unspecified atom stereocenters. The molecule has 0 aliphatic carbocycles. The lowest BCUT2D eigenvalue weighted by Crippen LogP contribution is -2.30. The van der Waals surface area contributed by atoms with E-state index in [9.17, 15) is 14.4 Å². The molecule has 0 spiro atoms. The highest BCUT2D eigenvalue weighted by molar-refractivity contribution is 5.71. The number of hydrogen-bond donors (Lipinski definition) is 0. The molecule has 0 aliphatic rings. The van der Waals surface area contributed by atoms with Crippen molar-refractivity contribution in [3.63, 3.8) is 0 Å². The number of ether oxygens (including phenoxy) is 3. The van der Waals surface area contributed by atoms with Gasteiger partial charge < -0.3 is 14.2 Å². The third kappa shape index (κ3) is 65.8. The van der Waals surface area contributed by atoms with Gasteiger partial charge in [0.2, 0.25) is 0 Å². The van der Waals surface area contributed by atoms with Gasteiger partial charge >= 0.3 is 17.9 Å². The van der Waals surface area contributed by atoms with Gasteiger partial charge in [-0.05, 0) is 83.5 Å². The van der Waals surface area contributed by atoms with Crippen LogP contribution in [0.1, 0.15) is 367 Å². The van der Waals surface area contributed by atoms with E-state index >= 15 is 0 Å². The second-order valence-corrected chi connectivity index (χ2v) is 23.4. The molecular formula is C73H132O6. The minimum Gasteiger partial charge on any atom is -0.462 e. The first-order valence-corrected chi connectivity index (χ1v) is 34.8. The van der Waals surface area contributed by atoms with Crippen LogP contribution in [0.25, 0.3) is 0 Å². The van der Waals surface area contributed by atoms with Crippen LogP contribution in [0.15, 0.2) is 60.8 Å². The van der Waals surface area contributed by atoms with Crippen molar-refractivity contribution in [3.8, 4) is 0 Å². The van der Waals surface area contributed by atoms with Gasteiger partial charge in [-0.1, -0.05) is 326 Å². The van der Waals surface area contributed by atoms with E-state index in [1.807, 2.05) is 0 Å². The fourth-order valence-electron chi connectivity index (χ4n) is 10.3.